The van der Waals surface area contributed by atoms with E-state index in [9.17, 15) is 14.7 Å². The van der Waals surface area contributed by atoms with E-state index in [4.69, 9.17) is 16.6 Å². The number of fused-ring (bicyclic) bond motifs is 1. The summed E-state index contributed by atoms with van der Waals surface area (Å²) in [7, 11) is 0. The highest BCUT2D eigenvalue weighted by atomic mass is 35.5. The molecule has 8 heteroatoms. The van der Waals surface area contributed by atoms with Crippen LogP contribution >= 0.6 is 11.6 Å². The Balaban J connectivity index is 1.18. The number of aryl methyl sites for hydroxylation is 1. The topological polar surface area (TPSA) is 85.8 Å². The van der Waals surface area contributed by atoms with Crippen molar-refractivity contribution in [3.8, 4) is 0 Å². The Kier molecular flexibility index (Phi) is 6.75. The molecule has 1 amide bonds. The first kappa shape index (κ1) is 23.1. The first-order valence-corrected chi connectivity index (χ1v) is 12.6. The number of anilines is 1. The van der Waals surface area contributed by atoms with Crippen molar-refractivity contribution in [2.24, 2.45) is 5.92 Å². The monoisotopic (exact) mass is 482 g/mol. The second-order valence-corrected chi connectivity index (χ2v) is 10.1. The number of aromatic nitrogens is 1. The minimum atomic E-state index is -0.900. The van der Waals surface area contributed by atoms with Crippen LogP contribution in [0.1, 0.15) is 54.5 Å². The minimum absolute atomic E-state index is 0.154. The molecule has 0 saturated carbocycles. The summed E-state index contributed by atoms with van der Waals surface area (Å²) in [6.07, 6.45) is 4.75. The molecule has 1 aromatic carbocycles. The number of hydrogen-bond acceptors (Lipinski definition) is 5. The van der Waals surface area contributed by atoms with Crippen LogP contribution in [0.2, 0.25) is 5.02 Å². The van der Waals surface area contributed by atoms with Crippen LogP contribution in [0.25, 0.3) is 0 Å². The number of halogens is 1. The Labute approximate surface area is 205 Å². The molecule has 4 heterocycles. The number of hydrogen-bond donors (Lipinski definition) is 2. The largest absolute Gasteiger partial charge is 0.480 e. The fourth-order valence-electron chi connectivity index (χ4n) is 5.60. The van der Waals surface area contributed by atoms with E-state index in [1.54, 1.807) is 24.3 Å². The van der Waals surface area contributed by atoms with E-state index < -0.39 is 12.0 Å². The fraction of sp³-hybridized carbons (Fsp3) is 0.500. The smallest absolute Gasteiger partial charge is 0.325 e. The zero-order valence-corrected chi connectivity index (χ0v) is 20.0. The first-order valence-electron chi connectivity index (χ1n) is 12.2. The number of pyridine rings is 1. The number of rotatable bonds is 5. The van der Waals surface area contributed by atoms with Gasteiger partial charge >= 0.3 is 5.97 Å². The van der Waals surface area contributed by atoms with E-state index in [0.717, 1.165) is 56.8 Å². The number of nitrogens with one attached hydrogen (secondary N) is 1. The van der Waals surface area contributed by atoms with E-state index in [0.29, 0.717) is 36.0 Å². The van der Waals surface area contributed by atoms with Gasteiger partial charge in [-0.3, -0.25) is 14.5 Å². The van der Waals surface area contributed by atoms with Gasteiger partial charge in [0.05, 0.1) is 5.92 Å². The molecule has 0 radical (unpaired) electrons. The summed E-state index contributed by atoms with van der Waals surface area (Å²) in [5.41, 5.74) is 3.11. The maximum atomic E-state index is 13.3. The van der Waals surface area contributed by atoms with Gasteiger partial charge in [0.15, 0.2) is 0 Å². The summed E-state index contributed by atoms with van der Waals surface area (Å²) in [4.78, 5) is 34.1. The molecule has 0 spiro atoms. The number of amides is 1. The number of piperidine rings is 1. The summed E-state index contributed by atoms with van der Waals surface area (Å²) in [6.45, 7) is 3.50. The maximum absolute atomic E-state index is 13.3. The molecular weight excluding hydrogens is 452 g/mol. The number of aliphatic carboxylic acids is 1. The third kappa shape index (κ3) is 4.77. The summed E-state index contributed by atoms with van der Waals surface area (Å²) >= 11 is 5.97. The molecular formula is C26H31ClN4O3. The van der Waals surface area contributed by atoms with Crippen molar-refractivity contribution in [1.82, 2.24) is 14.8 Å². The van der Waals surface area contributed by atoms with Crippen LogP contribution in [0.5, 0.6) is 0 Å². The Hall–Kier alpha value is -2.64. The maximum Gasteiger partial charge on any atom is 0.325 e. The van der Waals surface area contributed by atoms with E-state index >= 15 is 0 Å². The third-order valence-electron chi connectivity index (χ3n) is 7.49. The fourth-order valence-corrected chi connectivity index (χ4v) is 5.73. The summed E-state index contributed by atoms with van der Waals surface area (Å²) in [5, 5.41) is 13.9. The van der Waals surface area contributed by atoms with Gasteiger partial charge < -0.3 is 15.3 Å². The standard InChI is InChI=1S/C26H31ClN4O3/c27-21-6-3-18(4-7-21)23(26(33)34)31-15-11-20(16-31)25(32)30-13-9-17(10-14-30)22-8-5-19-2-1-12-28-24(19)29-22/h3-8,17,20,23H,1-2,9-16H2,(H,28,29)(H,33,34)/t20-,23?/m1/s1. The van der Waals surface area contributed by atoms with Crippen LogP contribution in [0.4, 0.5) is 5.82 Å². The van der Waals surface area contributed by atoms with Crippen molar-refractivity contribution < 1.29 is 14.7 Å². The van der Waals surface area contributed by atoms with Crippen LogP contribution in [0.3, 0.4) is 0 Å². The number of carbonyl (C=O) groups excluding carboxylic acids is 1. The lowest BCUT2D eigenvalue weighted by Gasteiger charge is -2.34. The lowest BCUT2D eigenvalue weighted by molar-refractivity contribution is -0.144. The highest BCUT2D eigenvalue weighted by Crippen LogP contribution is 2.33. The van der Waals surface area contributed by atoms with E-state index in [2.05, 4.69) is 17.4 Å². The zero-order valence-electron chi connectivity index (χ0n) is 19.3. The van der Waals surface area contributed by atoms with E-state index in [1.807, 2.05) is 9.80 Å². The molecule has 5 rings (SSSR count). The average molecular weight is 483 g/mol. The zero-order chi connectivity index (χ0) is 23.7. The molecule has 3 aliphatic rings. The first-order chi connectivity index (χ1) is 16.5. The number of carboxylic acid groups (broad SMARTS) is 1. The quantitative estimate of drug-likeness (QED) is 0.671. The molecule has 1 unspecified atom stereocenters. The average Bonchev–Trinajstić information content (AvgIpc) is 3.34. The van der Waals surface area contributed by atoms with Gasteiger partial charge in [-0.15, -0.1) is 0 Å². The normalized spacial score (nSPS) is 22.1. The van der Waals surface area contributed by atoms with E-state index in [1.165, 1.54) is 5.56 Å². The predicted octanol–water partition coefficient (Wildman–Crippen LogP) is 3.95. The molecule has 2 fully saturated rings. The van der Waals surface area contributed by atoms with Crippen LogP contribution < -0.4 is 5.32 Å². The van der Waals surface area contributed by atoms with Crippen molar-refractivity contribution >= 4 is 29.3 Å². The van der Waals surface area contributed by atoms with Gasteiger partial charge in [-0.05, 0) is 61.4 Å². The highest BCUT2D eigenvalue weighted by molar-refractivity contribution is 6.30. The summed E-state index contributed by atoms with van der Waals surface area (Å²) < 4.78 is 0. The van der Waals surface area contributed by atoms with Gasteiger partial charge in [0.1, 0.15) is 11.9 Å². The molecule has 3 aliphatic heterocycles. The molecule has 2 N–H and O–H groups in total. The Morgan fingerprint density at radius 1 is 1.06 bits per heavy atom. The van der Waals surface area contributed by atoms with Gasteiger partial charge in [0, 0.05) is 49.4 Å². The van der Waals surface area contributed by atoms with Gasteiger partial charge in [-0.2, -0.15) is 0 Å². The Morgan fingerprint density at radius 2 is 1.82 bits per heavy atom. The summed E-state index contributed by atoms with van der Waals surface area (Å²) in [6, 6.07) is 10.5. The highest BCUT2D eigenvalue weighted by Gasteiger charge is 2.38. The molecule has 2 atom stereocenters. The number of carboxylic acids is 1. The van der Waals surface area contributed by atoms with Gasteiger partial charge in [0.2, 0.25) is 5.91 Å². The summed E-state index contributed by atoms with van der Waals surface area (Å²) in [5.74, 6) is 0.503. The Morgan fingerprint density at radius 3 is 2.56 bits per heavy atom. The number of nitrogens with zero attached hydrogens (tertiary/aromatic N) is 3. The van der Waals surface area contributed by atoms with Crippen molar-refractivity contribution in [1.29, 1.82) is 0 Å². The molecule has 2 aromatic rings. The SMILES string of the molecule is O=C(O)C(c1ccc(Cl)cc1)N1CC[C@@H](C(=O)N2CCC(c3ccc4c(n3)NCCC4)CC2)C1. The molecule has 0 aliphatic carbocycles. The molecule has 180 valence electrons. The number of likely N-dealkylation sites (tertiary alicyclic amines) is 2. The lowest BCUT2D eigenvalue weighted by atomic mass is 9.91. The van der Waals surface area contributed by atoms with Crippen molar-refractivity contribution in [3.05, 3.63) is 58.2 Å². The third-order valence-corrected chi connectivity index (χ3v) is 7.75. The molecule has 1 aromatic heterocycles. The van der Waals surface area contributed by atoms with Crippen molar-refractivity contribution in [2.75, 3.05) is 38.0 Å². The van der Waals surface area contributed by atoms with Gasteiger partial charge in [-0.25, -0.2) is 4.98 Å². The van der Waals surface area contributed by atoms with Crippen molar-refractivity contribution in [2.45, 2.75) is 44.1 Å². The minimum Gasteiger partial charge on any atom is -0.480 e. The second-order valence-electron chi connectivity index (χ2n) is 9.65. The molecule has 7 nitrogen and oxygen atoms in total. The van der Waals surface area contributed by atoms with E-state index in [-0.39, 0.29) is 11.8 Å². The molecule has 2 saturated heterocycles. The Bertz CT molecular complexity index is 1050. The molecule has 34 heavy (non-hydrogen) atoms. The van der Waals surface area contributed by atoms with Crippen LogP contribution in [-0.2, 0) is 16.0 Å². The lowest BCUT2D eigenvalue weighted by Crippen LogP contribution is -2.42. The number of benzene rings is 1. The second kappa shape index (κ2) is 9.92. The van der Waals surface area contributed by atoms with Crippen molar-refractivity contribution in [3.63, 3.8) is 0 Å². The number of carbonyl (C=O) groups is 2. The van der Waals surface area contributed by atoms with Gasteiger partial charge in [-0.1, -0.05) is 29.8 Å². The van der Waals surface area contributed by atoms with Crippen LogP contribution in [0, 0.1) is 5.92 Å². The predicted molar refractivity (Wildman–Crippen MR) is 131 cm³/mol. The van der Waals surface area contributed by atoms with Crippen LogP contribution in [0.15, 0.2) is 36.4 Å². The van der Waals surface area contributed by atoms with Crippen LogP contribution in [-0.4, -0.2) is 64.5 Å². The molecule has 0 bridgehead atoms. The van der Waals surface area contributed by atoms with Gasteiger partial charge in [0.25, 0.3) is 0 Å².